The normalized spacial score (nSPS) is 39.5. The van der Waals surface area contributed by atoms with Crippen LogP contribution in [0.15, 0.2) is 0 Å². The summed E-state index contributed by atoms with van der Waals surface area (Å²) in [5, 5.41) is 9.86. The zero-order valence-electron chi connectivity index (χ0n) is 7.58. The van der Waals surface area contributed by atoms with E-state index in [4.69, 9.17) is 5.73 Å². The van der Waals surface area contributed by atoms with Crippen LogP contribution >= 0.6 is 0 Å². The maximum absolute atomic E-state index is 9.86. The summed E-state index contributed by atoms with van der Waals surface area (Å²) in [6.45, 7) is 0. The van der Waals surface area contributed by atoms with Crippen LogP contribution in [-0.2, 0) is 0 Å². The zero-order chi connectivity index (χ0) is 8.55. The van der Waals surface area contributed by atoms with Gasteiger partial charge >= 0.3 is 0 Å². The molecule has 0 aromatic carbocycles. The molecule has 0 aromatic heterocycles. The molecule has 0 radical (unpaired) electrons. The second-order valence-electron chi connectivity index (χ2n) is 4.50. The van der Waals surface area contributed by atoms with Gasteiger partial charge in [-0.2, -0.15) is 0 Å². The van der Waals surface area contributed by atoms with Gasteiger partial charge in [-0.1, -0.05) is 0 Å². The van der Waals surface area contributed by atoms with E-state index in [9.17, 15) is 5.11 Å². The molecule has 0 aromatic rings. The molecule has 0 heterocycles. The molecular formula is C10H19NO. The molecule has 0 aliphatic heterocycles. The largest absolute Gasteiger partial charge is 0.393 e. The van der Waals surface area contributed by atoms with Crippen molar-refractivity contribution in [3.63, 3.8) is 0 Å². The van der Waals surface area contributed by atoms with Crippen LogP contribution in [0.3, 0.4) is 0 Å². The van der Waals surface area contributed by atoms with E-state index in [1.54, 1.807) is 0 Å². The number of hydrogen-bond donors (Lipinski definition) is 2. The fourth-order valence-electron chi connectivity index (χ4n) is 2.31. The molecular weight excluding hydrogens is 150 g/mol. The molecule has 0 amide bonds. The molecule has 12 heavy (non-hydrogen) atoms. The van der Waals surface area contributed by atoms with Gasteiger partial charge in [0, 0.05) is 6.04 Å². The summed E-state index contributed by atoms with van der Waals surface area (Å²) in [4.78, 5) is 0. The third-order valence-electron chi connectivity index (χ3n) is 3.40. The Balaban J connectivity index is 1.80. The highest BCUT2D eigenvalue weighted by molar-refractivity contribution is 4.88. The van der Waals surface area contributed by atoms with E-state index in [0.717, 1.165) is 25.7 Å². The van der Waals surface area contributed by atoms with Crippen LogP contribution in [0.1, 0.15) is 38.5 Å². The van der Waals surface area contributed by atoms with Gasteiger partial charge in [0.15, 0.2) is 0 Å². The Bertz CT molecular complexity index is 148. The van der Waals surface area contributed by atoms with Crippen molar-refractivity contribution in [3.05, 3.63) is 0 Å². The molecule has 1 atom stereocenters. The molecule has 2 saturated carbocycles. The van der Waals surface area contributed by atoms with Crippen LogP contribution in [0.4, 0.5) is 0 Å². The average molecular weight is 169 g/mol. The summed E-state index contributed by atoms with van der Waals surface area (Å²) in [6, 6.07) is 0.410. The minimum atomic E-state index is -0.00231. The number of rotatable bonds is 2. The van der Waals surface area contributed by atoms with Gasteiger partial charge in [-0.3, -0.25) is 0 Å². The predicted octanol–water partition coefficient (Wildman–Crippen LogP) is 1.27. The maximum atomic E-state index is 9.86. The maximum Gasteiger partial charge on any atom is 0.0596 e. The van der Waals surface area contributed by atoms with E-state index in [0.29, 0.717) is 17.9 Å². The van der Waals surface area contributed by atoms with Crippen molar-refractivity contribution in [1.29, 1.82) is 0 Å². The van der Waals surface area contributed by atoms with Gasteiger partial charge in [-0.05, 0) is 50.4 Å². The summed E-state index contributed by atoms with van der Waals surface area (Å²) >= 11 is 0. The topological polar surface area (TPSA) is 46.2 Å². The van der Waals surface area contributed by atoms with E-state index in [1.807, 2.05) is 0 Å². The monoisotopic (exact) mass is 169 g/mol. The van der Waals surface area contributed by atoms with Gasteiger partial charge in [-0.15, -0.1) is 0 Å². The Morgan fingerprint density at radius 1 is 0.917 bits per heavy atom. The van der Waals surface area contributed by atoms with Gasteiger partial charge in [-0.25, -0.2) is 0 Å². The molecule has 70 valence electrons. The SMILES string of the molecule is NC1CCC([C@@H](O)C2CC2)CC1. The van der Waals surface area contributed by atoms with Crippen molar-refractivity contribution in [3.8, 4) is 0 Å². The Morgan fingerprint density at radius 2 is 1.33 bits per heavy atom. The Kier molecular flexibility index (Phi) is 2.37. The number of aliphatic hydroxyl groups is 1. The lowest BCUT2D eigenvalue weighted by Gasteiger charge is -2.29. The quantitative estimate of drug-likeness (QED) is 0.654. The molecule has 0 unspecified atom stereocenters. The summed E-state index contributed by atoms with van der Waals surface area (Å²) in [7, 11) is 0. The van der Waals surface area contributed by atoms with Crippen molar-refractivity contribution in [2.24, 2.45) is 17.6 Å². The molecule has 2 heteroatoms. The summed E-state index contributed by atoms with van der Waals surface area (Å²) in [5.74, 6) is 1.21. The Hall–Kier alpha value is -0.0800. The Morgan fingerprint density at radius 3 is 1.75 bits per heavy atom. The van der Waals surface area contributed by atoms with E-state index in [1.165, 1.54) is 12.8 Å². The fourth-order valence-corrected chi connectivity index (χ4v) is 2.31. The molecule has 3 N–H and O–H groups in total. The molecule has 2 nitrogen and oxygen atoms in total. The van der Waals surface area contributed by atoms with Gasteiger partial charge in [0.2, 0.25) is 0 Å². The first-order valence-corrected chi connectivity index (χ1v) is 5.21. The van der Waals surface area contributed by atoms with Crippen molar-refractivity contribution in [2.75, 3.05) is 0 Å². The lowest BCUT2D eigenvalue weighted by Crippen LogP contribution is -2.32. The van der Waals surface area contributed by atoms with Crippen molar-refractivity contribution < 1.29 is 5.11 Å². The lowest BCUT2D eigenvalue weighted by atomic mass is 9.81. The lowest BCUT2D eigenvalue weighted by molar-refractivity contribution is 0.0631. The summed E-state index contributed by atoms with van der Waals surface area (Å²) < 4.78 is 0. The van der Waals surface area contributed by atoms with E-state index >= 15 is 0 Å². The third kappa shape index (κ3) is 1.80. The number of nitrogens with two attached hydrogens (primary N) is 1. The molecule has 0 bridgehead atoms. The minimum Gasteiger partial charge on any atom is -0.393 e. The smallest absolute Gasteiger partial charge is 0.0596 e. The highest BCUT2D eigenvalue weighted by Gasteiger charge is 2.36. The van der Waals surface area contributed by atoms with Crippen LogP contribution < -0.4 is 5.73 Å². The van der Waals surface area contributed by atoms with Crippen LogP contribution in [0.25, 0.3) is 0 Å². The molecule has 2 aliphatic rings. The summed E-state index contributed by atoms with van der Waals surface area (Å²) in [6.07, 6.45) is 7.05. The van der Waals surface area contributed by atoms with Gasteiger partial charge in [0.05, 0.1) is 6.10 Å². The Labute approximate surface area is 74.1 Å². The molecule has 2 aliphatic carbocycles. The van der Waals surface area contributed by atoms with Gasteiger partial charge in [0.25, 0.3) is 0 Å². The predicted molar refractivity (Wildman–Crippen MR) is 48.7 cm³/mol. The van der Waals surface area contributed by atoms with Crippen LogP contribution in [0, 0.1) is 11.8 Å². The molecule has 2 rings (SSSR count). The standard InChI is InChI=1S/C10H19NO/c11-9-5-3-8(4-6-9)10(12)7-1-2-7/h7-10,12H,1-6,11H2/t8?,9?,10-/m0/s1. The molecule has 2 fully saturated rings. The summed E-state index contributed by atoms with van der Waals surface area (Å²) in [5.41, 5.74) is 5.81. The van der Waals surface area contributed by atoms with E-state index < -0.39 is 0 Å². The average Bonchev–Trinajstić information content (AvgIpc) is 2.87. The second-order valence-corrected chi connectivity index (χ2v) is 4.50. The first-order valence-electron chi connectivity index (χ1n) is 5.21. The highest BCUT2D eigenvalue weighted by atomic mass is 16.3. The van der Waals surface area contributed by atoms with Gasteiger partial charge < -0.3 is 10.8 Å². The number of aliphatic hydroxyl groups excluding tert-OH is 1. The third-order valence-corrected chi connectivity index (χ3v) is 3.40. The first-order chi connectivity index (χ1) is 5.77. The second kappa shape index (κ2) is 3.35. The van der Waals surface area contributed by atoms with Crippen LogP contribution in [0.2, 0.25) is 0 Å². The molecule has 0 spiro atoms. The van der Waals surface area contributed by atoms with Crippen LogP contribution in [-0.4, -0.2) is 17.3 Å². The van der Waals surface area contributed by atoms with Crippen molar-refractivity contribution >= 4 is 0 Å². The van der Waals surface area contributed by atoms with E-state index in [2.05, 4.69) is 0 Å². The molecule has 0 saturated heterocycles. The minimum absolute atomic E-state index is 0.00231. The zero-order valence-corrected chi connectivity index (χ0v) is 7.58. The van der Waals surface area contributed by atoms with Crippen LogP contribution in [0.5, 0.6) is 0 Å². The first kappa shape index (κ1) is 8.52. The van der Waals surface area contributed by atoms with Crippen molar-refractivity contribution in [1.82, 2.24) is 0 Å². The van der Waals surface area contributed by atoms with Gasteiger partial charge in [0.1, 0.15) is 0 Å². The highest BCUT2D eigenvalue weighted by Crippen LogP contribution is 2.39. The fraction of sp³-hybridized carbons (Fsp3) is 1.00. The number of hydrogen-bond acceptors (Lipinski definition) is 2. The van der Waals surface area contributed by atoms with Crippen molar-refractivity contribution in [2.45, 2.75) is 50.7 Å². The van der Waals surface area contributed by atoms with E-state index in [-0.39, 0.29) is 6.10 Å².